The number of carbonyl (C=O) groups is 1. The van der Waals surface area contributed by atoms with Crippen LogP contribution in [0.15, 0.2) is 66.6 Å². The quantitative estimate of drug-likeness (QED) is 0.555. The monoisotopic (exact) mass is 401 g/mol. The molecule has 1 aliphatic heterocycles. The van der Waals surface area contributed by atoms with Crippen LogP contribution in [0.3, 0.4) is 0 Å². The van der Waals surface area contributed by atoms with Crippen molar-refractivity contribution in [2.24, 2.45) is 0 Å². The Hall–Kier alpha value is -3.47. The van der Waals surface area contributed by atoms with E-state index in [-0.39, 0.29) is 11.7 Å². The van der Waals surface area contributed by atoms with Crippen LogP contribution >= 0.6 is 0 Å². The molecule has 0 fully saturated rings. The molecule has 2 heterocycles. The molecule has 5 heteroatoms. The first-order valence-electron chi connectivity index (χ1n) is 10.2. The summed E-state index contributed by atoms with van der Waals surface area (Å²) in [6, 6.07) is 12.0. The Morgan fingerprint density at radius 2 is 2.03 bits per heavy atom. The smallest absolute Gasteiger partial charge is 0.256 e. The maximum Gasteiger partial charge on any atom is 0.256 e. The summed E-state index contributed by atoms with van der Waals surface area (Å²) in [4.78, 5) is 17.1. The predicted molar refractivity (Wildman–Crippen MR) is 119 cm³/mol. The summed E-state index contributed by atoms with van der Waals surface area (Å²) in [7, 11) is 0. The Kier molecular flexibility index (Phi) is 5.61. The molecule has 2 aromatic carbocycles. The fourth-order valence-electron chi connectivity index (χ4n) is 3.89. The van der Waals surface area contributed by atoms with Gasteiger partial charge in [-0.2, -0.15) is 0 Å². The third-order valence-corrected chi connectivity index (χ3v) is 5.30. The molecule has 0 spiro atoms. The van der Waals surface area contributed by atoms with E-state index in [0.29, 0.717) is 16.7 Å². The van der Waals surface area contributed by atoms with Crippen molar-refractivity contribution in [2.75, 3.05) is 10.6 Å². The van der Waals surface area contributed by atoms with Crippen LogP contribution in [0.5, 0.6) is 0 Å². The van der Waals surface area contributed by atoms with Gasteiger partial charge in [0, 0.05) is 40.6 Å². The second-order valence-corrected chi connectivity index (χ2v) is 7.45. The summed E-state index contributed by atoms with van der Waals surface area (Å²) in [6.45, 7) is 4.16. The Balaban J connectivity index is 1.63. The summed E-state index contributed by atoms with van der Waals surface area (Å²) in [6.07, 6.45) is 8.17. The molecule has 4 rings (SSSR count). The van der Waals surface area contributed by atoms with Crippen molar-refractivity contribution in [1.82, 2.24) is 4.98 Å². The van der Waals surface area contributed by atoms with Crippen LogP contribution in [0.2, 0.25) is 0 Å². The molecule has 1 aromatic heterocycles. The van der Waals surface area contributed by atoms with Gasteiger partial charge in [-0.15, -0.1) is 0 Å². The topological polar surface area (TPSA) is 54.0 Å². The first-order chi connectivity index (χ1) is 14.6. The number of halogens is 1. The number of amides is 1. The number of anilines is 2. The van der Waals surface area contributed by atoms with E-state index in [1.165, 1.54) is 23.5 Å². The van der Waals surface area contributed by atoms with Gasteiger partial charge < -0.3 is 10.6 Å². The van der Waals surface area contributed by atoms with Crippen LogP contribution in [0.25, 0.3) is 11.1 Å². The van der Waals surface area contributed by atoms with Crippen LogP contribution in [0, 0.1) is 12.7 Å². The highest BCUT2D eigenvalue weighted by molar-refractivity contribution is 6.08. The molecular weight excluding hydrogens is 377 g/mol. The molecular formula is C25H24FN3O. The number of aromatic nitrogens is 1. The number of aryl methyl sites for hydroxylation is 2. The molecule has 152 valence electrons. The van der Waals surface area contributed by atoms with Gasteiger partial charge in [0.1, 0.15) is 5.82 Å². The normalized spacial score (nSPS) is 14.2. The lowest BCUT2D eigenvalue weighted by atomic mass is 9.96. The van der Waals surface area contributed by atoms with Gasteiger partial charge in [0.05, 0.1) is 5.56 Å². The zero-order chi connectivity index (χ0) is 21.1. The summed E-state index contributed by atoms with van der Waals surface area (Å²) in [5, 5.41) is 6.50. The van der Waals surface area contributed by atoms with Gasteiger partial charge >= 0.3 is 0 Å². The molecule has 0 saturated carbocycles. The molecule has 0 aliphatic carbocycles. The lowest BCUT2D eigenvalue weighted by Gasteiger charge is -2.24. The first-order valence-corrected chi connectivity index (χ1v) is 10.2. The van der Waals surface area contributed by atoms with Crippen molar-refractivity contribution in [3.63, 3.8) is 0 Å². The first kappa shape index (κ1) is 19.8. The van der Waals surface area contributed by atoms with Crippen LogP contribution < -0.4 is 10.6 Å². The van der Waals surface area contributed by atoms with Gasteiger partial charge in [-0.3, -0.25) is 9.78 Å². The zero-order valence-corrected chi connectivity index (χ0v) is 17.1. The molecule has 0 bridgehead atoms. The Morgan fingerprint density at radius 3 is 2.83 bits per heavy atom. The molecule has 2 N–H and O–H groups in total. The summed E-state index contributed by atoms with van der Waals surface area (Å²) in [5.74, 6) is -0.670. The van der Waals surface area contributed by atoms with Gasteiger partial charge in [-0.1, -0.05) is 31.2 Å². The highest BCUT2D eigenvalue weighted by Crippen LogP contribution is 2.33. The van der Waals surface area contributed by atoms with E-state index >= 15 is 0 Å². The van der Waals surface area contributed by atoms with Crippen molar-refractivity contribution < 1.29 is 9.18 Å². The number of nitrogens with zero attached hydrogens (tertiary/aromatic N) is 1. The number of allylic oxidation sites excluding steroid dienone is 2. The summed E-state index contributed by atoms with van der Waals surface area (Å²) >= 11 is 0. The number of nitrogens with one attached hydrogen (secondary N) is 2. The SMILES string of the molecule is CC/C=C1\CCc2cc(NC(=O)c3ccncc3-c3ccccc3F)cc(C)c2N1. The Bertz CT molecular complexity index is 1140. The standard InChI is InChI=1S/C25H24FN3O/c1-3-6-18-10-9-17-14-19(13-16(2)24(17)28-18)29-25(30)21-11-12-27-15-22(21)20-7-4-5-8-23(20)26/h4-8,11-15,28H,3,9-10H2,1-2H3,(H,29,30)/b18-6+. The van der Waals surface area contributed by atoms with E-state index in [2.05, 4.69) is 28.6 Å². The van der Waals surface area contributed by atoms with E-state index in [4.69, 9.17) is 0 Å². The van der Waals surface area contributed by atoms with E-state index in [9.17, 15) is 9.18 Å². The molecule has 4 nitrogen and oxygen atoms in total. The number of carbonyl (C=O) groups excluding carboxylic acids is 1. The molecule has 0 saturated heterocycles. The van der Waals surface area contributed by atoms with Gasteiger partial charge in [0.15, 0.2) is 0 Å². The maximum absolute atomic E-state index is 14.3. The van der Waals surface area contributed by atoms with E-state index in [1.54, 1.807) is 30.5 Å². The fourth-order valence-corrected chi connectivity index (χ4v) is 3.89. The van der Waals surface area contributed by atoms with Crippen molar-refractivity contribution in [2.45, 2.75) is 33.1 Å². The third kappa shape index (κ3) is 3.96. The highest BCUT2D eigenvalue weighted by atomic mass is 19.1. The molecule has 3 aromatic rings. The highest BCUT2D eigenvalue weighted by Gasteiger charge is 2.18. The zero-order valence-electron chi connectivity index (χ0n) is 17.1. The number of hydrogen-bond donors (Lipinski definition) is 2. The van der Waals surface area contributed by atoms with Crippen LogP contribution in [0.1, 0.15) is 41.3 Å². The van der Waals surface area contributed by atoms with Crippen molar-refractivity contribution in [3.8, 4) is 11.1 Å². The third-order valence-electron chi connectivity index (χ3n) is 5.30. The number of pyridine rings is 1. The summed E-state index contributed by atoms with van der Waals surface area (Å²) < 4.78 is 14.3. The minimum atomic E-state index is -0.383. The second kappa shape index (κ2) is 8.49. The van der Waals surface area contributed by atoms with Crippen LogP contribution in [-0.2, 0) is 6.42 Å². The minimum Gasteiger partial charge on any atom is -0.359 e. The Morgan fingerprint density at radius 1 is 1.20 bits per heavy atom. The van der Waals surface area contributed by atoms with Crippen LogP contribution in [-0.4, -0.2) is 10.9 Å². The molecule has 0 unspecified atom stereocenters. The molecule has 30 heavy (non-hydrogen) atoms. The van der Waals surface area contributed by atoms with Crippen molar-refractivity contribution in [3.05, 3.63) is 89.1 Å². The molecule has 1 aliphatic rings. The number of rotatable bonds is 4. The molecule has 1 amide bonds. The largest absolute Gasteiger partial charge is 0.359 e. The predicted octanol–water partition coefficient (Wildman–Crippen LogP) is 6.10. The number of fused-ring (bicyclic) bond motifs is 1. The maximum atomic E-state index is 14.3. The average molecular weight is 401 g/mol. The minimum absolute atomic E-state index is 0.287. The number of hydrogen-bond acceptors (Lipinski definition) is 3. The van der Waals surface area contributed by atoms with Crippen LogP contribution in [0.4, 0.5) is 15.8 Å². The van der Waals surface area contributed by atoms with Crippen molar-refractivity contribution in [1.29, 1.82) is 0 Å². The summed E-state index contributed by atoms with van der Waals surface area (Å²) in [5.41, 5.74) is 6.58. The lowest BCUT2D eigenvalue weighted by Crippen LogP contribution is -2.16. The van der Waals surface area contributed by atoms with E-state index < -0.39 is 0 Å². The van der Waals surface area contributed by atoms with Gasteiger partial charge in [-0.05, 0) is 61.6 Å². The van der Waals surface area contributed by atoms with Gasteiger partial charge in [0.25, 0.3) is 5.91 Å². The molecule has 0 atom stereocenters. The average Bonchev–Trinajstić information content (AvgIpc) is 2.75. The number of benzene rings is 2. The second-order valence-electron chi connectivity index (χ2n) is 7.45. The van der Waals surface area contributed by atoms with Gasteiger partial charge in [0.2, 0.25) is 0 Å². The molecule has 0 radical (unpaired) electrons. The van der Waals surface area contributed by atoms with E-state index in [0.717, 1.165) is 36.2 Å². The fraction of sp³-hybridized carbons (Fsp3) is 0.200. The van der Waals surface area contributed by atoms with Crippen molar-refractivity contribution >= 4 is 17.3 Å². The van der Waals surface area contributed by atoms with E-state index in [1.807, 2.05) is 19.1 Å². The Labute approximate surface area is 175 Å². The lowest BCUT2D eigenvalue weighted by molar-refractivity contribution is 0.102. The van der Waals surface area contributed by atoms with Gasteiger partial charge in [-0.25, -0.2) is 4.39 Å².